The van der Waals surface area contributed by atoms with Crippen LogP contribution in [0.1, 0.15) is 44.2 Å². The number of rotatable bonds is 2. The molecule has 1 heterocycles. The van der Waals surface area contributed by atoms with Crippen LogP contribution in [0, 0.1) is 12.8 Å². The molecule has 0 saturated carbocycles. The summed E-state index contributed by atoms with van der Waals surface area (Å²) in [5.74, 6) is -1.56. The molecule has 1 aliphatic rings. The summed E-state index contributed by atoms with van der Waals surface area (Å²) in [5.41, 5.74) is 1.56. The quantitative estimate of drug-likeness (QED) is 0.907. The van der Waals surface area contributed by atoms with Gasteiger partial charge in [-0.2, -0.15) is 0 Å². The van der Waals surface area contributed by atoms with E-state index in [2.05, 4.69) is 0 Å². The van der Waals surface area contributed by atoms with E-state index in [1.54, 1.807) is 20.8 Å². The highest BCUT2D eigenvalue weighted by molar-refractivity contribution is 5.74. The van der Waals surface area contributed by atoms with Crippen LogP contribution < -0.4 is 0 Å². The molecule has 1 amide bonds. The SMILES string of the molecule is Cc1cccc([C@H]2CCN(C(=O)OC(C)(C)C)C[C@H]2C(=O)O)c1. The molecule has 1 fully saturated rings. The van der Waals surface area contributed by atoms with Crippen LogP contribution in [0.15, 0.2) is 24.3 Å². The number of carboxylic acids is 1. The lowest BCUT2D eigenvalue weighted by Crippen LogP contribution is -2.47. The molecule has 0 bridgehead atoms. The summed E-state index contributed by atoms with van der Waals surface area (Å²) in [6.45, 7) is 8.10. The summed E-state index contributed by atoms with van der Waals surface area (Å²) in [6, 6.07) is 7.94. The van der Waals surface area contributed by atoms with Crippen LogP contribution >= 0.6 is 0 Å². The number of ether oxygens (including phenoxy) is 1. The molecule has 0 unspecified atom stereocenters. The molecule has 5 nitrogen and oxygen atoms in total. The van der Waals surface area contributed by atoms with Gasteiger partial charge in [-0.25, -0.2) is 4.79 Å². The number of benzene rings is 1. The normalized spacial score (nSPS) is 21.8. The molecule has 23 heavy (non-hydrogen) atoms. The van der Waals surface area contributed by atoms with Crippen molar-refractivity contribution in [3.63, 3.8) is 0 Å². The molecule has 0 radical (unpaired) electrons. The number of carbonyl (C=O) groups excluding carboxylic acids is 1. The number of piperidine rings is 1. The van der Waals surface area contributed by atoms with Crippen LogP contribution in [0.2, 0.25) is 0 Å². The Kier molecular flexibility index (Phi) is 4.97. The molecule has 1 aromatic rings. The Morgan fingerprint density at radius 3 is 2.57 bits per heavy atom. The van der Waals surface area contributed by atoms with Gasteiger partial charge in [0, 0.05) is 19.0 Å². The highest BCUT2D eigenvalue weighted by Crippen LogP contribution is 2.34. The van der Waals surface area contributed by atoms with Crippen LogP contribution in [0.3, 0.4) is 0 Å². The van der Waals surface area contributed by atoms with E-state index in [-0.39, 0.29) is 12.5 Å². The van der Waals surface area contributed by atoms with Crippen molar-refractivity contribution in [1.29, 1.82) is 0 Å². The third-order valence-corrected chi connectivity index (χ3v) is 4.05. The van der Waals surface area contributed by atoms with Crippen LogP contribution in [0.4, 0.5) is 4.79 Å². The summed E-state index contributed by atoms with van der Waals surface area (Å²) < 4.78 is 5.36. The highest BCUT2D eigenvalue weighted by Gasteiger charge is 2.38. The van der Waals surface area contributed by atoms with Crippen molar-refractivity contribution < 1.29 is 19.4 Å². The standard InChI is InChI=1S/C18H25NO4/c1-12-6-5-7-13(10-12)14-8-9-19(11-15(14)16(20)21)17(22)23-18(2,3)4/h5-7,10,14-15H,8-9,11H2,1-4H3,(H,20,21)/t14-,15-/m1/s1. The van der Waals surface area contributed by atoms with Gasteiger partial charge in [0.25, 0.3) is 0 Å². The van der Waals surface area contributed by atoms with Crippen LogP contribution in [0.25, 0.3) is 0 Å². The fourth-order valence-electron chi connectivity index (χ4n) is 2.99. The Morgan fingerprint density at radius 1 is 1.30 bits per heavy atom. The maximum Gasteiger partial charge on any atom is 0.410 e. The minimum Gasteiger partial charge on any atom is -0.481 e. The fourth-order valence-corrected chi connectivity index (χ4v) is 2.99. The third kappa shape index (κ3) is 4.47. The van der Waals surface area contributed by atoms with E-state index in [1.807, 2.05) is 31.2 Å². The van der Waals surface area contributed by atoms with Gasteiger partial charge in [0.05, 0.1) is 5.92 Å². The first kappa shape index (κ1) is 17.3. The Hall–Kier alpha value is -2.04. The van der Waals surface area contributed by atoms with Crippen molar-refractivity contribution in [2.75, 3.05) is 13.1 Å². The van der Waals surface area contributed by atoms with Gasteiger partial charge in [-0.05, 0) is 39.7 Å². The molecule has 2 atom stereocenters. The Labute approximate surface area is 137 Å². The van der Waals surface area contributed by atoms with Gasteiger partial charge in [-0.3, -0.25) is 4.79 Å². The lowest BCUT2D eigenvalue weighted by atomic mass is 9.80. The first-order valence-corrected chi connectivity index (χ1v) is 7.94. The van der Waals surface area contributed by atoms with Gasteiger partial charge in [-0.1, -0.05) is 29.8 Å². The Morgan fingerprint density at radius 2 is 2.00 bits per heavy atom. The fraction of sp³-hybridized carbons (Fsp3) is 0.556. The maximum atomic E-state index is 12.2. The summed E-state index contributed by atoms with van der Waals surface area (Å²) in [7, 11) is 0. The topological polar surface area (TPSA) is 66.8 Å². The number of amides is 1. The molecule has 1 aromatic carbocycles. The molecular formula is C18H25NO4. The van der Waals surface area contributed by atoms with E-state index in [0.717, 1.165) is 11.1 Å². The molecule has 0 aliphatic carbocycles. The summed E-state index contributed by atoms with van der Waals surface area (Å²) in [5, 5.41) is 9.59. The lowest BCUT2D eigenvalue weighted by molar-refractivity contribution is -0.144. The summed E-state index contributed by atoms with van der Waals surface area (Å²) >= 11 is 0. The smallest absolute Gasteiger partial charge is 0.410 e. The van der Waals surface area contributed by atoms with Crippen molar-refractivity contribution in [3.05, 3.63) is 35.4 Å². The van der Waals surface area contributed by atoms with Gasteiger partial charge in [0.2, 0.25) is 0 Å². The van der Waals surface area contributed by atoms with Crippen molar-refractivity contribution in [1.82, 2.24) is 4.90 Å². The number of hydrogen-bond acceptors (Lipinski definition) is 3. The zero-order valence-corrected chi connectivity index (χ0v) is 14.2. The van der Waals surface area contributed by atoms with E-state index >= 15 is 0 Å². The maximum absolute atomic E-state index is 12.2. The minimum absolute atomic E-state index is 0.0777. The number of hydrogen-bond donors (Lipinski definition) is 1. The molecule has 0 aromatic heterocycles. The number of likely N-dealkylation sites (tertiary alicyclic amines) is 1. The number of nitrogens with zero attached hydrogens (tertiary/aromatic N) is 1. The van der Waals surface area contributed by atoms with E-state index in [4.69, 9.17) is 4.74 Å². The van der Waals surface area contributed by atoms with E-state index in [9.17, 15) is 14.7 Å². The van der Waals surface area contributed by atoms with Gasteiger partial charge < -0.3 is 14.7 Å². The number of aryl methyl sites for hydroxylation is 1. The third-order valence-electron chi connectivity index (χ3n) is 4.05. The predicted octanol–water partition coefficient (Wildman–Crippen LogP) is 3.42. The van der Waals surface area contributed by atoms with E-state index < -0.39 is 23.6 Å². The lowest BCUT2D eigenvalue weighted by Gasteiger charge is -2.37. The Bertz CT molecular complexity index is 591. The molecule has 0 spiro atoms. The number of carboxylic acid groups (broad SMARTS) is 1. The average molecular weight is 319 g/mol. The first-order valence-electron chi connectivity index (χ1n) is 7.94. The number of carbonyl (C=O) groups is 2. The molecule has 2 rings (SSSR count). The minimum atomic E-state index is -0.871. The molecule has 1 saturated heterocycles. The second kappa shape index (κ2) is 6.60. The molecule has 1 aliphatic heterocycles. The summed E-state index contributed by atoms with van der Waals surface area (Å²) in [4.78, 5) is 25.4. The van der Waals surface area contributed by atoms with Gasteiger partial charge in [-0.15, -0.1) is 0 Å². The van der Waals surface area contributed by atoms with Crippen LogP contribution in [-0.4, -0.2) is 40.8 Å². The largest absolute Gasteiger partial charge is 0.481 e. The Balaban J connectivity index is 2.15. The van der Waals surface area contributed by atoms with Gasteiger partial charge in [0.15, 0.2) is 0 Å². The summed E-state index contributed by atoms with van der Waals surface area (Å²) in [6.07, 6.45) is 0.186. The van der Waals surface area contributed by atoms with E-state index in [0.29, 0.717) is 13.0 Å². The van der Waals surface area contributed by atoms with Gasteiger partial charge in [0.1, 0.15) is 5.60 Å². The predicted molar refractivity (Wildman–Crippen MR) is 87.5 cm³/mol. The zero-order chi connectivity index (χ0) is 17.2. The number of aliphatic carboxylic acids is 1. The second-order valence-electron chi connectivity index (χ2n) is 7.18. The van der Waals surface area contributed by atoms with Crippen LogP contribution in [-0.2, 0) is 9.53 Å². The van der Waals surface area contributed by atoms with Crippen molar-refractivity contribution in [2.24, 2.45) is 5.92 Å². The highest BCUT2D eigenvalue weighted by atomic mass is 16.6. The average Bonchev–Trinajstić information content (AvgIpc) is 2.44. The molecule has 1 N–H and O–H groups in total. The first-order chi connectivity index (χ1) is 10.7. The zero-order valence-electron chi connectivity index (χ0n) is 14.2. The van der Waals surface area contributed by atoms with Crippen LogP contribution in [0.5, 0.6) is 0 Å². The molecule has 126 valence electrons. The monoisotopic (exact) mass is 319 g/mol. The molecular weight excluding hydrogens is 294 g/mol. The van der Waals surface area contributed by atoms with Crippen molar-refractivity contribution in [3.8, 4) is 0 Å². The van der Waals surface area contributed by atoms with Gasteiger partial charge >= 0.3 is 12.1 Å². The van der Waals surface area contributed by atoms with E-state index in [1.165, 1.54) is 4.90 Å². The molecule has 5 heteroatoms. The van der Waals surface area contributed by atoms with Crippen molar-refractivity contribution in [2.45, 2.75) is 45.6 Å². The van der Waals surface area contributed by atoms with Crippen molar-refractivity contribution >= 4 is 12.1 Å². The second-order valence-corrected chi connectivity index (χ2v) is 7.18.